The molecule has 5 rings (SSSR count). The fourth-order valence-electron chi connectivity index (χ4n) is 3.79. The third kappa shape index (κ3) is 5.65. The lowest BCUT2D eigenvalue weighted by Gasteiger charge is -2.15. The number of carbonyl (C=O) groups is 1. The summed E-state index contributed by atoms with van der Waals surface area (Å²) in [5.74, 6) is 1.76. The van der Waals surface area contributed by atoms with E-state index in [4.69, 9.17) is 4.74 Å². The topological polar surface area (TPSA) is 92.3 Å². The number of aryl methyl sites for hydroxylation is 1. The lowest BCUT2D eigenvalue weighted by Crippen LogP contribution is -2.12. The van der Waals surface area contributed by atoms with Crippen LogP contribution in [0.15, 0.2) is 91.4 Å². The van der Waals surface area contributed by atoms with Crippen LogP contribution < -0.4 is 20.3 Å². The van der Waals surface area contributed by atoms with Crippen molar-refractivity contribution in [1.29, 1.82) is 0 Å². The molecule has 0 fully saturated rings. The Morgan fingerprint density at radius 3 is 2.38 bits per heavy atom. The molecular weight excluding hydrogens is 464 g/mol. The molecule has 2 aromatic carbocycles. The third-order valence-corrected chi connectivity index (χ3v) is 5.75. The van der Waals surface area contributed by atoms with Crippen LogP contribution in [0.1, 0.15) is 16.1 Å². The van der Waals surface area contributed by atoms with Gasteiger partial charge in [0.1, 0.15) is 17.3 Å². The van der Waals surface area contributed by atoms with Gasteiger partial charge in [0, 0.05) is 61.2 Å². The van der Waals surface area contributed by atoms with Crippen molar-refractivity contribution in [3.63, 3.8) is 0 Å². The Morgan fingerprint density at radius 2 is 1.65 bits per heavy atom. The molecule has 0 aliphatic rings. The summed E-state index contributed by atoms with van der Waals surface area (Å²) in [6.45, 7) is 1.91. The highest BCUT2D eigenvalue weighted by Crippen LogP contribution is 2.28. The van der Waals surface area contributed by atoms with E-state index in [-0.39, 0.29) is 5.91 Å². The molecule has 0 atom stereocenters. The molecule has 37 heavy (non-hydrogen) atoms. The average molecular weight is 491 g/mol. The highest BCUT2D eigenvalue weighted by Gasteiger charge is 2.09. The molecule has 0 unspecified atom stereocenters. The van der Waals surface area contributed by atoms with Gasteiger partial charge in [-0.1, -0.05) is 0 Å². The van der Waals surface area contributed by atoms with E-state index in [0.29, 0.717) is 28.6 Å². The van der Waals surface area contributed by atoms with Crippen molar-refractivity contribution >= 4 is 39.7 Å². The first-order valence-electron chi connectivity index (χ1n) is 11.8. The number of benzene rings is 2. The molecule has 0 radical (unpaired) electrons. The van der Waals surface area contributed by atoms with E-state index in [2.05, 4.69) is 31.7 Å². The SMILES string of the molecule is Cc1cc(Oc2ccc(NC(=O)c3ccc(Nc4ccnc5ccc(N(C)C)cc45)nc3)cc2)ccn1. The lowest BCUT2D eigenvalue weighted by atomic mass is 10.1. The van der Waals surface area contributed by atoms with Crippen molar-refractivity contribution in [2.75, 3.05) is 29.6 Å². The van der Waals surface area contributed by atoms with Gasteiger partial charge in [-0.3, -0.25) is 14.8 Å². The molecule has 5 aromatic rings. The van der Waals surface area contributed by atoms with Crippen LogP contribution in [0, 0.1) is 6.92 Å². The van der Waals surface area contributed by atoms with E-state index in [1.54, 1.807) is 61.1 Å². The van der Waals surface area contributed by atoms with Crippen LogP contribution in [0.25, 0.3) is 10.9 Å². The Morgan fingerprint density at radius 1 is 0.838 bits per heavy atom. The van der Waals surface area contributed by atoms with Crippen LogP contribution in [-0.2, 0) is 0 Å². The number of amides is 1. The third-order valence-electron chi connectivity index (χ3n) is 5.75. The molecule has 8 heteroatoms. The summed E-state index contributed by atoms with van der Waals surface area (Å²) in [6.07, 6.45) is 5.01. The predicted octanol–water partition coefficient (Wildman–Crippen LogP) is 6.19. The second kappa shape index (κ2) is 10.3. The summed E-state index contributed by atoms with van der Waals surface area (Å²) in [5.41, 5.74) is 4.85. The molecule has 0 saturated heterocycles. The highest BCUT2D eigenvalue weighted by atomic mass is 16.5. The zero-order valence-electron chi connectivity index (χ0n) is 20.8. The number of hydrogen-bond donors (Lipinski definition) is 2. The van der Waals surface area contributed by atoms with Gasteiger partial charge in [-0.25, -0.2) is 4.98 Å². The Kier molecular flexibility index (Phi) is 6.63. The van der Waals surface area contributed by atoms with Gasteiger partial charge < -0.3 is 20.3 Å². The minimum absolute atomic E-state index is 0.248. The normalized spacial score (nSPS) is 10.7. The quantitative estimate of drug-likeness (QED) is 0.281. The maximum atomic E-state index is 12.8. The molecule has 8 nitrogen and oxygen atoms in total. The predicted molar refractivity (Wildman–Crippen MR) is 147 cm³/mol. The van der Waals surface area contributed by atoms with Gasteiger partial charge in [0.05, 0.1) is 16.8 Å². The molecule has 3 aromatic heterocycles. The van der Waals surface area contributed by atoms with Crippen LogP contribution in [0.4, 0.5) is 22.9 Å². The van der Waals surface area contributed by atoms with Gasteiger partial charge in [-0.2, -0.15) is 0 Å². The van der Waals surface area contributed by atoms with Crippen molar-refractivity contribution < 1.29 is 9.53 Å². The van der Waals surface area contributed by atoms with Crippen molar-refractivity contribution in [2.45, 2.75) is 6.92 Å². The number of rotatable bonds is 7. The minimum atomic E-state index is -0.248. The van der Waals surface area contributed by atoms with Crippen molar-refractivity contribution in [1.82, 2.24) is 15.0 Å². The van der Waals surface area contributed by atoms with E-state index in [9.17, 15) is 4.79 Å². The second-order valence-electron chi connectivity index (χ2n) is 8.72. The van der Waals surface area contributed by atoms with E-state index >= 15 is 0 Å². The van der Waals surface area contributed by atoms with Crippen LogP contribution >= 0.6 is 0 Å². The number of aromatic nitrogens is 3. The number of anilines is 4. The highest BCUT2D eigenvalue weighted by molar-refractivity contribution is 6.04. The molecule has 0 bridgehead atoms. The number of carbonyl (C=O) groups excluding carboxylic acids is 1. The summed E-state index contributed by atoms with van der Waals surface area (Å²) in [7, 11) is 4.00. The van der Waals surface area contributed by atoms with Gasteiger partial charge in [0.15, 0.2) is 0 Å². The van der Waals surface area contributed by atoms with E-state index in [0.717, 1.165) is 28.0 Å². The number of fused-ring (bicyclic) bond motifs is 1. The van der Waals surface area contributed by atoms with E-state index in [1.165, 1.54) is 0 Å². The van der Waals surface area contributed by atoms with Crippen molar-refractivity contribution in [2.24, 2.45) is 0 Å². The zero-order valence-corrected chi connectivity index (χ0v) is 20.8. The van der Waals surface area contributed by atoms with Crippen molar-refractivity contribution in [3.8, 4) is 11.5 Å². The first-order valence-corrected chi connectivity index (χ1v) is 11.8. The van der Waals surface area contributed by atoms with Gasteiger partial charge >= 0.3 is 0 Å². The number of nitrogens with one attached hydrogen (secondary N) is 2. The number of nitrogens with zero attached hydrogens (tertiary/aromatic N) is 4. The smallest absolute Gasteiger partial charge is 0.257 e. The van der Waals surface area contributed by atoms with Crippen LogP contribution in [0.5, 0.6) is 11.5 Å². The molecule has 0 saturated carbocycles. The largest absolute Gasteiger partial charge is 0.457 e. The molecule has 3 heterocycles. The van der Waals surface area contributed by atoms with Gasteiger partial charge in [-0.05, 0) is 73.7 Å². The second-order valence-corrected chi connectivity index (χ2v) is 8.72. The summed E-state index contributed by atoms with van der Waals surface area (Å²) < 4.78 is 5.83. The summed E-state index contributed by atoms with van der Waals surface area (Å²) in [4.78, 5) is 27.8. The van der Waals surface area contributed by atoms with Gasteiger partial charge in [-0.15, -0.1) is 0 Å². The zero-order chi connectivity index (χ0) is 25.8. The fraction of sp³-hybridized carbons (Fsp3) is 0.103. The molecule has 184 valence electrons. The first-order chi connectivity index (χ1) is 17.9. The van der Waals surface area contributed by atoms with Gasteiger partial charge in [0.2, 0.25) is 0 Å². The molecule has 0 aliphatic carbocycles. The number of hydrogen-bond acceptors (Lipinski definition) is 7. The van der Waals surface area contributed by atoms with Crippen molar-refractivity contribution in [3.05, 3.63) is 103 Å². The summed E-state index contributed by atoms with van der Waals surface area (Å²) >= 11 is 0. The van der Waals surface area contributed by atoms with Crippen LogP contribution in [0.2, 0.25) is 0 Å². The summed E-state index contributed by atoms with van der Waals surface area (Å²) in [5, 5.41) is 7.22. The van der Waals surface area contributed by atoms with Crippen LogP contribution in [0.3, 0.4) is 0 Å². The lowest BCUT2D eigenvalue weighted by molar-refractivity contribution is 0.102. The Hall–Kier alpha value is -4.98. The molecule has 0 aliphatic heterocycles. The first kappa shape index (κ1) is 23.7. The average Bonchev–Trinajstić information content (AvgIpc) is 2.90. The molecule has 2 N–H and O–H groups in total. The number of ether oxygens (including phenoxy) is 1. The Labute approximate surface area is 215 Å². The fourth-order valence-corrected chi connectivity index (χ4v) is 3.79. The molecule has 1 amide bonds. The maximum Gasteiger partial charge on any atom is 0.257 e. The maximum absolute atomic E-state index is 12.8. The molecular formula is C29H26N6O2. The Bertz CT molecular complexity index is 1550. The number of pyridine rings is 3. The molecule has 0 spiro atoms. The van der Waals surface area contributed by atoms with E-state index < -0.39 is 0 Å². The van der Waals surface area contributed by atoms with Gasteiger partial charge in [0.25, 0.3) is 5.91 Å². The minimum Gasteiger partial charge on any atom is -0.457 e. The monoisotopic (exact) mass is 490 g/mol. The van der Waals surface area contributed by atoms with Crippen LogP contribution in [-0.4, -0.2) is 35.0 Å². The standard InChI is InChI=1S/C29H26N6O2/c1-19-16-24(12-14-30-19)37-23-8-5-21(6-9-23)33-29(36)20-4-11-28(32-18-20)34-27-13-15-31-26-10-7-22(35(2)3)17-25(26)27/h4-18H,1-3H3,(H,33,36)(H,31,32,34). The summed E-state index contributed by atoms with van der Waals surface area (Å²) in [6, 6.07) is 22.4. The Balaban J connectivity index is 1.24. The van der Waals surface area contributed by atoms with E-state index in [1.807, 2.05) is 50.2 Å².